The van der Waals surface area contributed by atoms with E-state index in [1.165, 1.54) is 5.56 Å². The lowest BCUT2D eigenvalue weighted by Crippen LogP contribution is -2.59. The number of hydrogen-bond donors (Lipinski definition) is 2. The van der Waals surface area contributed by atoms with Crippen molar-refractivity contribution in [2.75, 3.05) is 46.0 Å². The van der Waals surface area contributed by atoms with Crippen molar-refractivity contribution in [3.8, 4) is 0 Å². The van der Waals surface area contributed by atoms with Crippen molar-refractivity contribution in [2.45, 2.75) is 51.2 Å². The van der Waals surface area contributed by atoms with Crippen LogP contribution in [0.2, 0.25) is 0 Å². The number of nitrogens with zero attached hydrogens (tertiary/aromatic N) is 5. The maximum Gasteiger partial charge on any atom is 0.318 e. The summed E-state index contributed by atoms with van der Waals surface area (Å²) < 4.78 is 0. The molecule has 0 bridgehead atoms. The van der Waals surface area contributed by atoms with E-state index in [0.29, 0.717) is 31.0 Å². The summed E-state index contributed by atoms with van der Waals surface area (Å²) in [6.45, 7) is 6.28. The summed E-state index contributed by atoms with van der Waals surface area (Å²) in [7, 11) is 4.08. The lowest BCUT2D eigenvalue weighted by Gasteiger charge is -2.47. The highest BCUT2D eigenvalue weighted by Crippen LogP contribution is 2.34. The first kappa shape index (κ1) is 24.4. The molecular formula is C26H39N7O. The van der Waals surface area contributed by atoms with E-state index in [2.05, 4.69) is 44.1 Å². The van der Waals surface area contributed by atoms with Crippen LogP contribution >= 0.6 is 0 Å². The molecule has 1 aromatic carbocycles. The number of amides is 2. The maximum atomic E-state index is 13.4. The Kier molecular flexibility index (Phi) is 8.00. The van der Waals surface area contributed by atoms with E-state index in [0.717, 1.165) is 56.6 Å². The number of nitrogen functional groups attached to an aromatic ring is 1. The summed E-state index contributed by atoms with van der Waals surface area (Å²) in [4.78, 5) is 28.8. The zero-order valence-electron chi connectivity index (χ0n) is 20.8. The number of urea groups is 1. The van der Waals surface area contributed by atoms with Crippen molar-refractivity contribution in [2.24, 2.45) is 5.92 Å². The molecule has 1 aromatic heterocycles. The molecule has 3 atom stereocenters. The largest absolute Gasteiger partial charge is 0.368 e. The normalized spacial score (nSPS) is 22.2. The van der Waals surface area contributed by atoms with Gasteiger partial charge in [0.25, 0.3) is 0 Å². The van der Waals surface area contributed by atoms with Gasteiger partial charge in [-0.2, -0.15) is 0 Å². The van der Waals surface area contributed by atoms with Crippen molar-refractivity contribution < 1.29 is 4.79 Å². The van der Waals surface area contributed by atoms with Crippen LogP contribution in [0.3, 0.4) is 0 Å². The third-order valence-electron chi connectivity index (χ3n) is 7.07. The van der Waals surface area contributed by atoms with Crippen LogP contribution in [-0.2, 0) is 19.4 Å². The van der Waals surface area contributed by atoms with Gasteiger partial charge in [-0.3, -0.25) is 4.90 Å². The Bertz CT molecular complexity index is 951. The smallest absolute Gasteiger partial charge is 0.318 e. The minimum absolute atomic E-state index is 0.0216. The minimum atomic E-state index is 0.0216. The SMILES string of the molecule is CCCN1C[C@@H](NC(=O)N(CCN(C)C)Cc2ccccc2)C[C@@H]2Cc3nc(N)ncc3C[C@H]21. The highest BCUT2D eigenvalue weighted by Gasteiger charge is 2.40. The predicted molar refractivity (Wildman–Crippen MR) is 135 cm³/mol. The molecule has 8 heteroatoms. The number of likely N-dealkylation sites (tertiary alicyclic amines) is 1. The highest BCUT2D eigenvalue weighted by molar-refractivity contribution is 5.74. The molecule has 8 nitrogen and oxygen atoms in total. The highest BCUT2D eigenvalue weighted by atomic mass is 16.2. The molecule has 2 aliphatic rings. The van der Waals surface area contributed by atoms with Crippen LogP contribution in [0.1, 0.15) is 36.6 Å². The van der Waals surface area contributed by atoms with Gasteiger partial charge in [-0.15, -0.1) is 0 Å². The fraction of sp³-hybridized carbons (Fsp3) is 0.577. The van der Waals surface area contributed by atoms with E-state index in [-0.39, 0.29) is 12.1 Å². The molecule has 0 unspecified atom stereocenters. The summed E-state index contributed by atoms with van der Waals surface area (Å²) in [5.41, 5.74) is 9.31. The molecule has 4 rings (SSSR count). The van der Waals surface area contributed by atoms with Crippen LogP contribution in [0.25, 0.3) is 0 Å². The van der Waals surface area contributed by atoms with E-state index in [1.807, 2.05) is 43.4 Å². The fourth-order valence-electron chi connectivity index (χ4n) is 5.40. The average Bonchev–Trinajstić information content (AvgIpc) is 2.81. The van der Waals surface area contributed by atoms with Crippen LogP contribution in [0.4, 0.5) is 10.7 Å². The zero-order valence-corrected chi connectivity index (χ0v) is 20.8. The lowest BCUT2D eigenvalue weighted by atomic mass is 9.76. The molecule has 0 radical (unpaired) electrons. The van der Waals surface area contributed by atoms with Crippen molar-refractivity contribution in [3.63, 3.8) is 0 Å². The topological polar surface area (TPSA) is 90.6 Å². The zero-order chi connectivity index (χ0) is 24.1. The summed E-state index contributed by atoms with van der Waals surface area (Å²) in [5, 5.41) is 3.39. The van der Waals surface area contributed by atoms with Gasteiger partial charge in [-0.25, -0.2) is 14.8 Å². The van der Waals surface area contributed by atoms with Crippen LogP contribution in [0.5, 0.6) is 0 Å². The predicted octanol–water partition coefficient (Wildman–Crippen LogP) is 2.40. The van der Waals surface area contributed by atoms with E-state index in [4.69, 9.17) is 5.73 Å². The standard InChI is InChI=1S/C26H39N7O/c1-4-10-32-18-22(13-20-14-23-21(15-24(20)32)16-28-25(27)30-23)29-26(34)33(12-11-31(2)3)17-19-8-6-5-7-9-19/h5-9,16,20,22,24H,4,10-15,17-18H2,1-3H3,(H,29,34)(H2,27,28,30)/t20-,22+,24-/m1/s1. The first-order valence-electron chi connectivity index (χ1n) is 12.5. The molecular weight excluding hydrogens is 426 g/mol. The number of aromatic nitrogens is 2. The molecule has 34 heavy (non-hydrogen) atoms. The summed E-state index contributed by atoms with van der Waals surface area (Å²) in [6, 6.07) is 10.8. The van der Waals surface area contributed by atoms with Crippen LogP contribution in [0.15, 0.2) is 36.5 Å². The summed E-state index contributed by atoms with van der Waals surface area (Å²) >= 11 is 0. The quantitative estimate of drug-likeness (QED) is 0.622. The second-order valence-electron chi connectivity index (χ2n) is 10.0. The Hall–Kier alpha value is -2.71. The van der Waals surface area contributed by atoms with Crippen LogP contribution < -0.4 is 11.1 Å². The number of nitrogens with two attached hydrogens (primary N) is 1. The number of carbonyl (C=O) groups excluding carboxylic acids is 1. The summed E-state index contributed by atoms with van der Waals surface area (Å²) in [6.07, 6.45) is 5.82. The number of anilines is 1. The van der Waals surface area contributed by atoms with Gasteiger partial charge < -0.3 is 20.9 Å². The number of likely N-dealkylation sites (N-methyl/N-ethyl adjacent to an activating group) is 1. The van der Waals surface area contributed by atoms with E-state index < -0.39 is 0 Å². The second kappa shape index (κ2) is 11.1. The Morgan fingerprint density at radius 1 is 1.21 bits per heavy atom. The molecule has 2 heterocycles. The first-order valence-corrected chi connectivity index (χ1v) is 12.5. The third-order valence-corrected chi connectivity index (χ3v) is 7.07. The average molecular weight is 466 g/mol. The molecule has 3 N–H and O–H groups in total. The molecule has 2 aromatic rings. The lowest BCUT2D eigenvalue weighted by molar-refractivity contribution is 0.0622. The number of benzene rings is 1. The Labute approximate surface area is 203 Å². The number of rotatable bonds is 8. The van der Waals surface area contributed by atoms with E-state index in [9.17, 15) is 4.79 Å². The molecule has 0 spiro atoms. The van der Waals surface area contributed by atoms with Gasteiger partial charge in [0.2, 0.25) is 5.95 Å². The van der Waals surface area contributed by atoms with Gasteiger partial charge in [0.15, 0.2) is 0 Å². The maximum absolute atomic E-state index is 13.4. The van der Waals surface area contributed by atoms with Crippen LogP contribution in [-0.4, -0.2) is 83.1 Å². The van der Waals surface area contributed by atoms with Gasteiger partial charge in [-0.05, 0) is 63.4 Å². The van der Waals surface area contributed by atoms with Gasteiger partial charge in [0.1, 0.15) is 0 Å². The minimum Gasteiger partial charge on any atom is -0.368 e. The summed E-state index contributed by atoms with van der Waals surface area (Å²) in [5.74, 6) is 0.803. The molecule has 0 saturated carbocycles. The Morgan fingerprint density at radius 3 is 2.74 bits per heavy atom. The van der Waals surface area contributed by atoms with E-state index in [1.54, 1.807) is 0 Å². The van der Waals surface area contributed by atoms with Crippen molar-refractivity contribution >= 4 is 12.0 Å². The van der Waals surface area contributed by atoms with Gasteiger partial charge in [-0.1, -0.05) is 37.3 Å². The van der Waals surface area contributed by atoms with E-state index >= 15 is 0 Å². The number of hydrogen-bond acceptors (Lipinski definition) is 6. The third kappa shape index (κ3) is 6.04. The first-order chi connectivity index (χ1) is 16.4. The number of fused-ring (bicyclic) bond motifs is 2. The molecule has 1 aliphatic carbocycles. The molecule has 1 fully saturated rings. The second-order valence-corrected chi connectivity index (χ2v) is 10.0. The molecule has 2 amide bonds. The Balaban J connectivity index is 1.46. The van der Waals surface area contributed by atoms with Crippen LogP contribution in [0, 0.1) is 5.92 Å². The van der Waals surface area contributed by atoms with Gasteiger partial charge in [0.05, 0.1) is 0 Å². The number of nitrogens with one attached hydrogen (secondary N) is 1. The molecule has 184 valence electrons. The molecule has 1 aliphatic heterocycles. The number of carbonyl (C=O) groups is 1. The van der Waals surface area contributed by atoms with Crippen molar-refractivity contribution in [3.05, 3.63) is 53.3 Å². The molecule has 1 saturated heterocycles. The van der Waals surface area contributed by atoms with Gasteiger partial charge in [0, 0.05) is 50.2 Å². The fourth-order valence-corrected chi connectivity index (χ4v) is 5.40. The van der Waals surface area contributed by atoms with Gasteiger partial charge >= 0.3 is 6.03 Å². The monoisotopic (exact) mass is 465 g/mol. The number of piperidine rings is 1. The van der Waals surface area contributed by atoms with Crippen molar-refractivity contribution in [1.82, 2.24) is 30.0 Å². The van der Waals surface area contributed by atoms with Crippen molar-refractivity contribution in [1.29, 1.82) is 0 Å². The Morgan fingerprint density at radius 2 is 2.00 bits per heavy atom.